The van der Waals surface area contributed by atoms with Crippen molar-refractivity contribution in [3.8, 4) is 5.75 Å². The van der Waals surface area contributed by atoms with Gasteiger partial charge in [-0.25, -0.2) is 0 Å². The first-order valence-electron chi connectivity index (χ1n) is 7.29. The molecular formula is C17H19N3O3. The van der Waals surface area contributed by atoms with E-state index in [1.807, 2.05) is 24.3 Å². The molecule has 2 aromatic rings. The molecule has 0 radical (unpaired) electrons. The van der Waals surface area contributed by atoms with Crippen LogP contribution in [0.15, 0.2) is 48.8 Å². The van der Waals surface area contributed by atoms with Gasteiger partial charge < -0.3 is 15.4 Å². The third kappa shape index (κ3) is 6.17. The molecule has 0 aliphatic carbocycles. The summed E-state index contributed by atoms with van der Waals surface area (Å²) in [5, 5.41) is 5.35. The number of nitrogens with zero attached hydrogens (tertiary/aromatic N) is 1. The monoisotopic (exact) mass is 313 g/mol. The van der Waals surface area contributed by atoms with Crippen LogP contribution >= 0.6 is 0 Å². The van der Waals surface area contributed by atoms with Crippen molar-refractivity contribution >= 4 is 17.5 Å². The van der Waals surface area contributed by atoms with Crippen LogP contribution in [0.3, 0.4) is 0 Å². The minimum Gasteiger partial charge on any atom is -0.489 e. The Morgan fingerprint density at radius 1 is 1.22 bits per heavy atom. The van der Waals surface area contributed by atoms with Crippen LogP contribution in [0.5, 0.6) is 5.75 Å². The van der Waals surface area contributed by atoms with Crippen LogP contribution in [-0.4, -0.2) is 23.3 Å². The molecule has 23 heavy (non-hydrogen) atoms. The van der Waals surface area contributed by atoms with Crippen LogP contribution in [0.2, 0.25) is 0 Å². The summed E-state index contributed by atoms with van der Waals surface area (Å²) in [5.74, 6) is 0.347. The third-order valence-electron chi connectivity index (χ3n) is 2.97. The van der Waals surface area contributed by atoms with Crippen LogP contribution in [0.25, 0.3) is 0 Å². The highest BCUT2D eigenvalue weighted by Gasteiger charge is 2.04. The van der Waals surface area contributed by atoms with Crippen LogP contribution in [-0.2, 0) is 16.2 Å². The molecule has 0 saturated heterocycles. The summed E-state index contributed by atoms with van der Waals surface area (Å²) in [6, 6.07) is 11.0. The second kappa shape index (κ2) is 8.53. The van der Waals surface area contributed by atoms with Gasteiger partial charge in [0, 0.05) is 49.6 Å². The number of hydrogen-bond donors (Lipinski definition) is 2. The van der Waals surface area contributed by atoms with E-state index in [1.54, 1.807) is 24.5 Å². The molecule has 0 aliphatic heterocycles. The Morgan fingerprint density at radius 2 is 2.09 bits per heavy atom. The first-order chi connectivity index (χ1) is 11.1. The number of benzene rings is 1. The molecule has 2 N–H and O–H groups in total. The van der Waals surface area contributed by atoms with Gasteiger partial charge in [-0.05, 0) is 18.2 Å². The first-order valence-corrected chi connectivity index (χ1v) is 7.29. The normalized spacial score (nSPS) is 9.96. The summed E-state index contributed by atoms with van der Waals surface area (Å²) >= 11 is 0. The lowest BCUT2D eigenvalue weighted by molar-refractivity contribution is -0.119. The highest BCUT2D eigenvalue weighted by Crippen LogP contribution is 2.18. The molecule has 1 heterocycles. The molecule has 2 amide bonds. The van der Waals surface area contributed by atoms with Gasteiger partial charge in [0.05, 0.1) is 0 Å². The molecule has 0 saturated carbocycles. The van der Waals surface area contributed by atoms with Crippen molar-refractivity contribution in [3.63, 3.8) is 0 Å². The predicted molar refractivity (Wildman–Crippen MR) is 86.9 cm³/mol. The zero-order chi connectivity index (χ0) is 16.5. The van der Waals surface area contributed by atoms with E-state index in [0.717, 1.165) is 5.56 Å². The van der Waals surface area contributed by atoms with E-state index in [4.69, 9.17) is 4.74 Å². The number of aromatic nitrogens is 1. The van der Waals surface area contributed by atoms with Crippen molar-refractivity contribution in [1.82, 2.24) is 10.3 Å². The fourth-order valence-electron chi connectivity index (χ4n) is 1.89. The molecule has 6 heteroatoms. The van der Waals surface area contributed by atoms with Crippen molar-refractivity contribution in [2.45, 2.75) is 20.0 Å². The summed E-state index contributed by atoms with van der Waals surface area (Å²) in [5.41, 5.74) is 1.62. The molecule has 0 spiro atoms. The second-order valence-corrected chi connectivity index (χ2v) is 4.96. The first kappa shape index (κ1) is 16.5. The van der Waals surface area contributed by atoms with Crippen molar-refractivity contribution < 1.29 is 14.3 Å². The number of hydrogen-bond acceptors (Lipinski definition) is 4. The maximum atomic E-state index is 11.8. The molecule has 1 aromatic heterocycles. The molecule has 120 valence electrons. The van der Waals surface area contributed by atoms with Gasteiger partial charge >= 0.3 is 0 Å². The van der Waals surface area contributed by atoms with Gasteiger partial charge in [0.1, 0.15) is 12.4 Å². The Balaban J connectivity index is 1.84. The van der Waals surface area contributed by atoms with Gasteiger partial charge in [-0.15, -0.1) is 0 Å². The van der Waals surface area contributed by atoms with E-state index in [9.17, 15) is 9.59 Å². The Hall–Kier alpha value is -2.89. The van der Waals surface area contributed by atoms with Crippen LogP contribution in [0.4, 0.5) is 5.69 Å². The lowest BCUT2D eigenvalue weighted by atomic mass is 10.2. The zero-order valence-electron chi connectivity index (χ0n) is 12.9. The number of carbonyl (C=O) groups is 2. The number of nitrogens with one attached hydrogen (secondary N) is 2. The summed E-state index contributed by atoms with van der Waals surface area (Å²) in [6.07, 6.45) is 3.68. The predicted octanol–water partition coefficient (Wildman–Crippen LogP) is 2.13. The zero-order valence-corrected chi connectivity index (χ0v) is 12.9. The van der Waals surface area contributed by atoms with Crippen molar-refractivity contribution in [2.75, 3.05) is 11.9 Å². The number of ether oxygens (including phenoxy) is 1. The lowest BCUT2D eigenvalue weighted by Gasteiger charge is -2.09. The van der Waals surface area contributed by atoms with E-state index in [2.05, 4.69) is 15.6 Å². The van der Waals surface area contributed by atoms with Crippen molar-refractivity contribution in [3.05, 3.63) is 54.4 Å². The number of amides is 2. The van der Waals surface area contributed by atoms with E-state index in [-0.39, 0.29) is 18.2 Å². The van der Waals surface area contributed by atoms with Crippen LogP contribution < -0.4 is 15.4 Å². The Kier molecular flexibility index (Phi) is 6.11. The van der Waals surface area contributed by atoms with Crippen molar-refractivity contribution in [1.29, 1.82) is 0 Å². The van der Waals surface area contributed by atoms with Crippen LogP contribution in [0, 0.1) is 0 Å². The third-order valence-corrected chi connectivity index (χ3v) is 2.97. The van der Waals surface area contributed by atoms with Crippen molar-refractivity contribution in [2.24, 2.45) is 0 Å². The van der Waals surface area contributed by atoms with E-state index in [1.165, 1.54) is 6.92 Å². The molecule has 0 unspecified atom stereocenters. The number of carbonyl (C=O) groups excluding carboxylic acids is 2. The number of rotatable bonds is 7. The van der Waals surface area contributed by atoms with E-state index in [0.29, 0.717) is 24.6 Å². The quantitative estimate of drug-likeness (QED) is 0.820. The van der Waals surface area contributed by atoms with Gasteiger partial charge in [-0.2, -0.15) is 0 Å². The smallest absolute Gasteiger partial charge is 0.226 e. The number of pyridine rings is 1. The maximum absolute atomic E-state index is 11.8. The molecule has 2 rings (SSSR count). The topological polar surface area (TPSA) is 80.3 Å². The highest BCUT2D eigenvalue weighted by atomic mass is 16.5. The molecular weight excluding hydrogens is 294 g/mol. The average molecular weight is 313 g/mol. The van der Waals surface area contributed by atoms with E-state index >= 15 is 0 Å². The molecule has 0 atom stereocenters. The van der Waals surface area contributed by atoms with Gasteiger partial charge in [0.25, 0.3) is 0 Å². The summed E-state index contributed by atoms with van der Waals surface area (Å²) in [6.45, 7) is 2.15. The Bertz CT molecular complexity index is 659. The minimum atomic E-state index is -0.164. The molecule has 1 aromatic carbocycles. The Morgan fingerprint density at radius 3 is 2.83 bits per heavy atom. The second-order valence-electron chi connectivity index (χ2n) is 4.96. The van der Waals surface area contributed by atoms with E-state index < -0.39 is 0 Å². The molecule has 0 bridgehead atoms. The molecule has 0 fully saturated rings. The lowest BCUT2D eigenvalue weighted by Crippen LogP contribution is -2.25. The SMILES string of the molecule is CC(=O)NCCC(=O)Nc1cccc(OCc2cccnc2)c1. The fourth-order valence-corrected chi connectivity index (χ4v) is 1.89. The molecule has 6 nitrogen and oxygen atoms in total. The van der Waals surface area contributed by atoms with Gasteiger partial charge in [-0.3, -0.25) is 14.6 Å². The van der Waals surface area contributed by atoms with Gasteiger partial charge in [-0.1, -0.05) is 12.1 Å². The number of anilines is 1. The fraction of sp³-hybridized carbons (Fsp3) is 0.235. The highest BCUT2D eigenvalue weighted by molar-refractivity contribution is 5.91. The molecule has 0 aliphatic rings. The van der Waals surface area contributed by atoms with Gasteiger partial charge in [0.15, 0.2) is 0 Å². The Labute approximate surface area is 134 Å². The summed E-state index contributed by atoms with van der Waals surface area (Å²) in [7, 11) is 0. The van der Waals surface area contributed by atoms with Crippen LogP contribution in [0.1, 0.15) is 18.9 Å². The van der Waals surface area contributed by atoms with Gasteiger partial charge in [0.2, 0.25) is 11.8 Å². The summed E-state index contributed by atoms with van der Waals surface area (Å²) < 4.78 is 5.68. The standard InChI is InChI=1S/C17H19N3O3/c1-13(21)19-9-7-17(22)20-15-5-2-6-16(10-15)23-12-14-4-3-8-18-11-14/h2-6,8,10-11H,7,9,12H2,1H3,(H,19,21)(H,20,22). The summed E-state index contributed by atoms with van der Waals surface area (Å²) in [4.78, 5) is 26.6. The largest absolute Gasteiger partial charge is 0.489 e. The minimum absolute atomic E-state index is 0.149. The average Bonchev–Trinajstić information content (AvgIpc) is 2.54. The maximum Gasteiger partial charge on any atom is 0.226 e.